The number of alkyl halides is 2. The van der Waals surface area contributed by atoms with E-state index in [1.54, 1.807) is 12.1 Å². The number of anilines is 1. The van der Waals surface area contributed by atoms with Crippen LogP contribution >= 0.6 is 0 Å². The molecule has 1 aromatic rings. The molecular formula is C14H18F2N2O2. The van der Waals surface area contributed by atoms with Crippen LogP contribution in [0, 0.1) is 0 Å². The molecule has 1 atom stereocenters. The predicted molar refractivity (Wildman–Crippen MR) is 71.6 cm³/mol. The van der Waals surface area contributed by atoms with Gasteiger partial charge in [0.05, 0.1) is 0 Å². The van der Waals surface area contributed by atoms with E-state index in [4.69, 9.17) is 0 Å². The molecule has 0 aliphatic carbocycles. The highest BCUT2D eigenvalue weighted by Gasteiger charge is 2.43. The maximum atomic E-state index is 13.0. The Morgan fingerprint density at radius 2 is 2.05 bits per heavy atom. The van der Waals surface area contributed by atoms with Crippen molar-refractivity contribution in [2.45, 2.75) is 32.1 Å². The van der Waals surface area contributed by atoms with E-state index < -0.39 is 6.29 Å². The minimum absolute atomic E-state index is 0.0402. The van der Waals surface area contributed by atoms with Gasteiger partial charge in [0, 0.05) is 36.9 Å². The quantitative estimate of drug-likeness (QED) is 0.905. The van der Waals surface area contributed by atoms with Crippen molar-refractivity contribution >= 4 is 5.69 Å². The molecule has 1 N–H and O–H groups in total. The molecule has 2 aliphatic heterocycles. The first-order chi connectivity index (χ1) is 9.41. The normalized spacial score (nSPS) is 27.7. The monoisotopic (exact) mass is 284 g/mol. The summed E-state index contributed by atoms with van der Waals surface area (Å²) in [5, 5.41) is 3.49. The SMILES string of the molecule is CCC1(C)CN(c2ccc3c(c2)OC(F)(F)O3)CCN1. The van der Waals surface area contributed by atoms with E-state index in [-0.39, 0.29) is 17.0 Å². The average molecular weight is 284 g/mol. The first-order valence-electron chi connectivity index (χ1n) is 6.81. The lowest BCUT2D eigenvalue weighted by Crippen LogP contribution is -2.58. The number of benzene rings is 1. The van der Waals surface area contributed by atoms with E-state index in [0.29, 0.717) is 0 Å². The summed E-state index contributed by atoms with van der Waals surface area (Å²) in [6.07, 6.45) is -2.55. The second-order valence-electron chi connectivity index (χ2n) is 5.56. The number of hydrogen-bond acceptors (Lipinski definition) is 4. The van der Waals surface area contributed by atoms with Crippen molar-refractivity contribution in [3.8, 4) is 11.5 Å². The largest absolute Gasteiger partial charge is 0.586 e. The molecule has 4 nitrogen and oxygen atoms in total. The van der Waals surface area contributed by atoms with Crippen molar-refractivity contribution < 1.29 is 18.3 Å². The number of hydrogen-bond donors (Lipinski definition) is 1. The van der Waals surface area contributed by atoms with E-state index in [9.17, 15) is 8.78 Å². The highest BCUT2D eigenvalue weighted by atomic mass is 19.3. The maximum absolute atomic E-state index is 13.0. The molecule has 1 saturated heterocycles. The lowest BCUT2D eigenvalue weighted by molar-refractivity contribution is -0.286. The molecule has 20 heavy (non-hydrogen) atoms. The van der Waals surface area contributed by atoms with Crippen LogP contribution in [-0.2, 0) is 0 Å². The zero-order chi connectivity index (χ0) is 14.4. The van der Waals surface area contributed by atoms with Gasteiger partial charge < -0.3 is 19.7 Å². The third kappa shape index (κ3) is 2.40. The molecule has 0 saturated carbocycles. The molecule has 2 aliphatic rings. The molecule has 0 bridgehead atoms. The molecule has 1 aromatic carbocycles. The van der Waals surface area contributed by atoms with Crippen LogP contribution in [0.5, 0.6) is 11.5 Å². The van der Waals surface area contributed by atoms with Gasteiger partial charge in [-0.15, -0.1) is 8.78 Å². The summed E-state index contributed by atoms with van der Waals surface area (Å²) >= 11 is 0. The van der Waals surface area contributed by atoms with Crippen LogP contribution < -0.4 is 19.7 Å². The van der Waals surface area contributed by atoms with E-state index in [0.717, 1.165) is 31.7 Å². The fourth-order valence-electron chi connectivity index (χ4n) is 2.64. The average Bonchev–Trinajstić information content (AvgIpc) is 2.71. The summed E-state index contributed by atoms with van der Waals surface area (Å²) in [6, 6.07) is 4.96. The van der Waals surface area contributed by atoms with E-state index >= 15 is 0 Å². The number of piperazine rings is 1. The predicted octanol–water partition coefficient (Wildman–Crippen LogP) is 2.59. The molecule has 0 spiro atoms. The molecule has 2 heterocycles. The van der Waals surface area contributed by atoms with Gasteiger partial charge >= 0.3 is 6.29 Å². The lowest BCUT2D eigenvalue weighted by Gasteiger charge is -2.42. The Labute approximate surface area is 116 Å². The molecule has 0 amide bonds. The van der Waals surface area contributed by atoms with Gasteiger partial charge in [-0.25, -0.2) is 0 Å². The molecule has 0 aromatic heterocycles. The number of rotatable bonds is 2. The van der Waals surface area contributed by atoms with Crippen LogP contribution in [0.15, 0.2) is 18.2 Å². The topological polar surface area (TPSA) is 33.7 Å². The van der Waals surface area contributed by atoms with Gasteiger partial charge in [-0.2, -0.15) is 0 Å². The van der Waals surface area contributed by atoms with Gasteiger partial charge in [0.15, 0.2) is 11.5 Å². The summed E-state index contributed by atoms with van der Waals surface area (Å²) < 4.78 is 35.0. The lowest BCUT2D eigenvalue weighted by atomic mass is 9.95. The smallest absolute Gasteiger partial charge is 0.395 e. The van der Waals surface area contributed by atoms with Crippen molar-refractivity contribution in [1.29, 1.82) is 0 Å². The first-order valence-corrected chi connectivity index (χ1v) is 6.81. The minimum Gasteiger partial charge on any atom is -0.395 e. The molecule has 3 rings (SSSR count). The van der Waals surface area contributed by atoms with Crippen molar-refractivity contribution in [1.82, 2.24) is 5.32 Å². The van der Waals surface area contributed by atoms with Gasteiger partial charge in [-0.3, -0.25) is 0 Å². The Morgan fingerprint density at radius 1 is 1.30 bits per heavy atom. The van der Waals surface area contributed by atoms with Gasteiger partial charge in [-0.05, 0) is 25.5 Å². The number of nitrogens with zero attached hydrogens (tertiary/aromatic N) is 1. The molecule has 1 unspecified atom stereocenters. The highest BCUT2D eigenvalue weighted by Crippen LogP contribution is 2.43. The van der Waals surface area contributed by atoms with Crippen LogP contribution in [-0.4, -0.2) is 31.5 Å². The third-order valence-corrected chi connectivity index (χ3v) is 4.00. The summed E-state index contributed by atoms with van der Waals surface area (Å²) in [5.41, 5.74) is 0.921. The maximum Gasteiger partial charge on any atom is 0.586 e. The Kier molecular flexibility index (Phi) is 3.01. The second kappa shape index (κ2) is 4.48. The summed E-state index contributed by atoms with van der Waals surface area (Å²) in [5.74, 6) is 0.191. The standard InChI is InChI=1S/C14H18F2N2O2/c1-3-13(2)9-18(7-6-17-13)10-4-5-11-12(8-10)20-14(15,16)19-11/h4-5,8,17H,3,6-7,9H2,1-2H3. The number of nitrogens with one attached hydrogen (secondary N) is 1. The van der Waals surface area contributed by atoms with Crippen LogP contribution in [0.2, 0.25) is 0 Å². The molecule has 0 radical (unpaired) electrons. The first kappa shape index (κ1) is 13.4. The molecule has 110 valence electrons. The second-order valence-corrected chi connectivity index (χ2v) is 5.56. The Balaban J connectivity index is 1.82. The van der Waals surface area contributed by atoms with Crippen LogP contribution in [0.4, 0.5) is 14.5 Å². The van der Waals surface area contributed by atoms with Crippen molar-refractivity contribution in [3.05, 3.63) is 18.2 Å². The zero-order valence-corrected chi connectivity index (χ0v) is 11.6. The number of halogens is 2. The number of ether oxygens (including phenoxy) is 2. The van der Waals surface area contributed by atoms with Gasteiger partial charge in [0.25, 0.3) is 0 Å². The number of fused-ring (bicyclic) bond motifs is 1. The Bertz CT molecular complexity index is 524. The van der Waals surface area contributed by atoms with Gasteiger partial charge in [-0.1, -0.05) is 6.92 Å². The highest BCUT2D eigenvalue weighted by molar-refractivity contribution is 5.58. The van der Waals surface area contributed by atoms with E-state index in [1.807, 2.05) is 0 Å². The fourth-order valence-corrected chi connectivity index (χ4v) is 2.64. The minimum atomic E-state index is -3.55. The molecule has 6 heteroatoms. The van der Waals surface area contributed by atoms with E-state index in [2.05, 4.69) is 33.5 Å². The van der Waals surface area contributed by atoms with Crippen LogP contribution in [0.25, 0.3) is 0 Å². The van der Waals surface area contributed by atoms with Crippen molar-refractivity contribution in [3.63, 3.8) is 0 Å². The Morgan fingerprint density at radius 3 is 2.80 bits per heavy atom. The zero-order valence-electron chi connectivity index (χ0n) is 11.6. The van der Waals surface area contributed by atoms with Gasteiger partial charge in [0.2, 0.25) is 0 Å². The van der Waals surface area contributed by atoms with Crippen molar-refractivity contribution in [2.24, 2.45) is 0 Å². The van der Waals surface area contributed by atoms with E-state index in [1.165, 1.54) is 6.07 Å². The summed E-state index contributed by atoms with van der Waals surface area (Å²) in [4.78, 5) is 2.18. The Hall–Kier alpha value is -1.56. The van der Waals surface area contributed by atoms with Crippen molar-refractivity contribution in [2.75, 3.05) is 24.5 Å². The van der Waals surface area contributed by atoms with Gasteiger partial charge in [0.1, 0.15) is 0 Å². The molecular weight excluding hydrogens is 266 g/mol. The molecule has 1 fully saturated rings. The fraction of sp³-hybridized carbons (Fsp3) is 0.571. The van der Waals surface area contributed by atoms with Crippen LogP contribution in [0.3, 0.4) is 0 Å². The summed E-state index contributed by atoms with van der Waals surface area (Å²) in [7, 11) is 0. The van der Waals surface area contributed by atoms with Crippen LogP contribution in [0.1, 0.15) is 20.3 Å². The summed E-state index contributed by atoms with van der Waals surface area (Å²) in [6.45, 7) is 6.84. The third-order valence-electron chi connectivity index (χ3n) is 4.00.